The van der Waals surface area contributed by atoms with Crippen molar-refractivity contribution in [2.75, 3.05) is 0 Å². The second kappa shape index (κ2) is 12.2. The van der Waals surface area contributed by atoms with Gasteiger partial charge in [-0.05, 0) is 22.3 Å². The predicted octanol–water partition coefficient (Wildman–Crippen LogP) is 1.16. The molecule has 0 saturated heterocycles. The number of hydrogen-bond acceptors (Lipinski definition) is 0. The van der Waals surface area contributed by atoms with Crippen LogP contribution in [-0.4, -0.2) is 0 Å². The average Bonchev–Trinajstić information content (AvgIpc) is 3.26. The molecule has 2 aromatic carbocycles. The number of fused-ring (bicyclic) bond motifs is 2. The van der Waals surface area contributed by atoms with Crippen LogP contribution in [0, 0.1) is 5.92 Å². The molecular weight excluding hydrogens is 462 g/mol. The predicted molar refractivity (Wildman–Crippen MR) is 108 cm³/mol. The zero-order valence-corrected chi connectivity index (χ0v) is 20.3. The van der Waals surface area contributed by atoms with E-state index >= 15 is 0 Å². The molecule has 4 rings (SSSR count). The molecule has 3 heteroatoms. The number of rotatable bonds is 7. The zero-order valence-electron chi connectivity index (χ0n) is 16.4. The van der Waals surface area contributed by atoms with Gasteiger partial charge in [-0.25, -0.2) is 0 Å². The minimum absolute atomic E-state index is 0. The fraction of sp³-hybridized carbons (Fsp3) is 0.320. The molecule has 0 N–H and O–H groups in total. The fourth-order valence-electron chi connectivity index (χ4n) is 4.35. The van der Waals surface area contributed by atoms with Crippen molar-refractivity contribution in [2.24, 2.45) is 0 Å². The summed E-state index contributed by atoms with van der Waals surface area (Å²) in [6.45, 7) is 2.33. The Balaban J connectivity index is 0.00000131. The smallest absolute Gasteiger partial charge is 1.00 e. The molecule has 0 fully saturated rings. The van der Waals surface area contributed by atoms with Crippen LogP contribution in [0.3, 0.4) is 0 Å². The quantitative estimate of drug-likeness (QED) is 0.513. The van der Waals surface area contributed by atoms with Crippen LogP contribution in [-0.2, 0) is 26.2 Å². The number of halogens is 2. The molecule has 0 amide bonds. The van der Waals surface area contributed by atoms with Gasteiger partial charge in [0.1, 0.15) is 0 Å². The first-order chi connectivity index (χ1) is 12.3. The maximum Gasteiger partial charge on any atom is 3.00 e. The van der Waals surface area contributed by atoms with Gasteiger partial charge in [0.2, 0.25) is 0 Å². The van der Waals surface area contributed by atoms with Gasteiger partial charge in [0.05, 0.1) is 0 Å². The van der Waals surface area contributed by atoms with E-state index in [1.807, 2.05) is 0 Å². The third-order valence-electron chi connectivity index (χ3n) is 5.92. The molecule has 2 unspecified atom stereocenters. The van der Waals surface area contributed by atoms with Gasteiger partial charge in [-0.1, -0.05) is 92.6 Å². The van der Waals surface area contributed by atoms with E-state index in [4.69, 9.17) is 0 Å². The largest absolute Gasteiger partial charge is 3.00 e. The Hall–Kier alpha value is -0.617. The van der Waals surface area contributed by atoms with Crippen molar-refractivity contribution in [3.8, 4) is 0 Å². The molecule has 1 radical (unpaired) electrons. The molecule has 0 nitrogen and oxygen atoms in total. The first-order valence-electron chi connectivity index (χ1n) is 9.73. The Labute approximate surface area is 201 Å². The van der Waals surface area contributed by atoms with Crippen molar-refractivity contribution in [1.29, 1.82) is 0 Å². The summed E-state index contributed by atoms with van der Waals surface area (Å²) in [5.74, 6) is 2.96. The summed E-state index contributed by atoms with van der Waals surface area (Å²) in [7, 11) is 0. The molecule has 28 heavy (non-hydrogen) atoms. The summed E-state index contributed by atoms with van der Waals surface area (Å²) in [6.07, 6.45) is 15.6. The van der Waals surface area contributed by atoms with Crippen molar-refractivity contribution < 1.29 is 51.0 Å². The molecular formula is C25H27Cl2Zr. The van der Waals surface area contributed by atoms with Gasteiger partial charge in [-0.2, -0.15) is 19.3 Å². The summed E-state index contributed by atoms with van der Waals surface area (Å²) in [6, 6.07) is 17.7. The van der Waals surface area contributed by atoms with Gasteiger partial charge in [-0.15, -0.1) is 0 Å². The molecule has 2 atom stereocenters. The second-order valence-electron chi connectivity index (χ2n) is 7.37. The molecule has 0 bridgehead atoms. The van der Waals surface area contributed by atoms with Gasteiger partial charge in [0, 0.05) is 11.8 Å². The third-order valence-corrected chi connectivity index (χ3v) is 5.92. The van der Waals surface area contributed by atoms with Gasteiger partial charge < -0.3 is 30.7 Å². The topological polar surface area (TPSA) is 0 Å². The molecule has 0 heterocycles. The van der Waals surface area contributed by atoms with Crippen LogP contribution in [0.15, 0.2) is 60.7 Å². The van der Waals surface area contributed by atoms with Crippen molar-refractivity contribution in [3.05, 3.63) is 88.9 Å². The summed E-state index contributed by atoms with van der Waals surface area (Å²) in [4.78, 5) is 0. The van der Waals surface area contributed by atoms with E-state index in [1.54, 1.807) is 5.92 Å². The monoisotopic (exact) mass is 487 g/mol. The molecule has 0 aliphatic heterocycles. The normalized spacial score (nSPS) is 18.1. The summed E-state index contributed by atoms with van der Waals surface area (Å²) < 4.78 is 0. The van der Waals surface area contributed by atoms with Crippen LogP contribution in [0.5, 0.6) is 0 Å². The van der Waals surface area contributed by atoms with Gasteiger partial charge in [0.15, 0.2) is 0 Å². The third kappa shape index (κ3) is 5.72. The Kier molecular flexibility index (Phi) is 11.0. The van der Waals surface area contributed by atoms with E-state index in [0.29, 0.717) is 11.8 Å². The summed E-state index contributed by atoms with van der Waals surface area (Å²) in [5, 5.41) is 0. The van der Waals surface area contributed by atoms with E-state index < -0.39 is 0 Å². The second-order valence-corrected chi connectivity index (χ2v) is 7.37. The molecule has 145 valence electrons. The van der Waals surface area contributed by atoms with Crippen LogP contribution in [0.2, 0.25) is 0 Å². The molecule has 2 aliphatic rings. The number of allylic oxidation sites excluding steroid dienone is 2. The Morgan fingerprint density at radius 1 is 0.714 bits per heavy atom. The minimum Gasteiger partial charge on any atom is -1.00 e. The number of hydrogen-bond donors (Lipinski definition) is 0. The Bertz CT molecular complexity index is 731. The molecule has 2 aromatic rings. The van der Waals surface area contributed by atoms with E-state index in [2.05, 4.69) is 79.8 Å². The Morgan fingerprint density at radius 2 is 1.14 bits per heavy atom. The van der Waals surface area contributed by atoms with Crippen LogP contribution >= 0.6 is 0 Å². The van der Waals surface area contributed by atoms with Crippen molar-refractivity contribution in [2.45, 2.75) is 50.9 Å². The minimum atomic E-state index is 0. The number of benzene rings is 2. The van der Waals surface area contributed by atoms with Crippen LogP contribution in [0.1, 0.15) is 73.1 Å². The van der Waals surface area contributed by atoms with E-state index in [0.717, 1.165) is 0 Å². The molecule has 0 spiro atoms. The van der Waals surface area contributed by atoms with Gasteiger partial charge in [0.25, 0.3) is 0 Å². The van der Waals surface area contributed by atoms with Crippen LogP contribution in [0.4, 0.5) is 0 Å². The zero-order chi connectivity index (χ0) is 17.1. The maximum atomic E-state index is 2.40. The standard InChI is InChI=1S/C25H27.2ClH.Zr/c1-2-19(11-13-22-17-15-20-7-3-5-9-24(20)22)12-14-23-18-16-21-8-4-6-10-25(21)23;;;/h3-10,15-18,22-23H,2,11-14H2,1H3;2*1H;/q-1;;;+3/p-2. The molecule has 2 aliphatic carbocycles. The molecule has 0 saturated carbocycles. The van der Waals surface area contributed by atoms with Crippen molar-refractivity contribution in [3.63, 3.8) is 0 Å². The van der Waals surface area contributed by atoms with Crippen LogP contribution in [0.25, 0.3) is 12.2 Å². The van der Waals surface area contributed by atoms with E-state index in [9.17, 15) is 0 Å². The summed E-state index contributed by atoms with van der Waals surface area (Å²) >= 11 is 0. The van der Waals surface area contributed by atoms with Gasteiger partial charge >= 0.3 is 26.2 Å². The fourth-order valence-corrected chi connectivity index (χ4v) is 4.35. The van der Waals surface area contributed by atoms with E-state index in [-0.39, 0.29) is 51.0 Å². The maximum absolute atomic E-state index is 2.40. The van der Waals surface area contributed by atoms with Crippen LogP contribution < -0.4 is 24.8 Å². The molecule has 0 aromatic heterocycles. The SMILES string of the molecule is CC[C-](CCC1C=Cc2ccccc21)CCC1C=Cc2ccccc21.[Cl-].[Cl-].[Zr+3]. The average molecular weight is 490 g/mol. The van der Waals surface area contributed by atoms with Crippen molar-refractivity contribution in [1.82, 2.24) is 0 Å². The van der Waals surface area contributed by atoms with Gasteiger partial charge in [-0.3, -0.25) is 0 Å². The first kappa shape index (κ1) is 25.4. The first-order valence-corrected chi connectivity index (χ1v) is 9.73. The van der Waals surface area contributed by atoms with E-state index in [1.165, 1.54) is 54.4 Å². The summed E-state index contributed by atoms with van der Waals surface area (Å²) in [5.41, 5.74) is 5.87. The van der Waals surface area contributed by atoms with Crippen molar-refractivity contribution >= 4 is 12.2 Å². The Morgan fingerprint density at radius 3 is 1.57 bits per heavy atom.